The lowest BCUT2D eigenvalue weighted by molar-refractivity contribution is 0.102. The lowest BCUT2D eigenvalue weighted by Gasteiger charge is -2.09. The van der Waals surface area contributed by atoms with Crippen LogP contribution in [-0.2, 0) is 5.75 Å². The van der Waals surface area contributed by atoms with E-state index in [4.69, 9.17) is 5.73 Å². The highest BCUT2D eigenvalue weighted by molar-refractivity contribution is 7.98. The monoisotopic (exact) mass is 384 g/mol. The first-order chi connectivity index (χ1) is 12.9. The smallest absolute Gasteiger partial charge is 0.277 e. The number of hydrogen-bond donors (Lipinski definition) is 3. The molecule has 138 valence electrons. The van der Waals surface area contributed by atoms with Crippen molar-refractivity contribution < 1.29 is 9.18 Å². The third-order valence-corrected chi connectivity index (χ3v) is 4.72. The van der Waals surface area contributed by atoms with Gasteiger partial charge in [-0.25, -0.2) is 9.37 Å². The third-order valence-electron chi connectivity index (χ3n) is 3.80. The number of nitrogen functional groups attached to an aromatic ring is 1. The predicted molar refractivity (Wildman–Crippen MR) is 104 cm³/mol. The van der Waals surface area contributed by atoms with Crippen LogP contribution in [0.1, 0.15) is 21.5 Å². The van der Waals surface area contributed by atoms with E-state index in [0.717, 1.165) is 17.3 Å². The van der Waals surface area contributed by atoms with Crippen molar-refractivity contribution in [2.45, 2.75) is 17.8 Å². The number of hydrogen-bond acceptors (Lipinski definition) is 5. The van der Waals surface area contributed by atoms with Gasteiger partial charge in [-0.15, -0.1) is 0 Å². The lowest BCUT2D eigenvalue weighted by Crippen LogP contribution is -2.23. The number of nitrogens with one attached hydrogen (secondary N) is 2. The van der Waals surface area contributed by atoms with Crippen LogP contribution in [0.15, 0.2) is 58.5 Å². The molecule has 0 unspecified atom stereocenters. The molecule has 1 heterocycles. The van der Waals surface area contributed by atoms with Gasteiger partial charge in [0.1, 0.15) is 11.5 Å². The molecule has 3 rings (SSSR count). The number of carbonyl (C=O) groups is 1. The minimum absolute atomic E-state index is 0.102. The van der Waals surface area contributed by atoms with Gasteiger partial charge in [0.2, 0.25) is 0 Å². The van der Waals surface area contributed by atoms with Crippen LogP contribution in [0.5, 0.6) is 0 Å². The first-order valence-corrected chi connectivity index (χ1v) is 9.06. The highest BCUT2D eigenvalue weighted by Gasteiger charge is 2.14. The molecule has 6 nitrogen and oxygen atoms in total. The van der Waals surface area contributed by atoms with E-state index >= 15 is 0 Å². The van der Waals surface area contributed by atoms with Crippen LogP contribution in [0, 0.1) is 12.7 Å². The van der Waals surface area contributed by atoms with Gasteiger partial charge in [-0.2, -0.15) is 0 Å². The minimum atomic E-state index is -0.570. The van der Waals surface area contributed by atoms with Gasteiger partial charge >= 0.3 is 0 Å². The number of aryl methyl sites for hydroxylation is 1. The molecule has 2 aromatic carbocycles. The second-order valence-electron chi connectivity index (χ2n) is 5.83. The molecule has 4 N–H and O–H groups in total. The van der Waals surface area contributed by atoms with Gasteiger partial charge in [-0.05, 0) is 30.7 Å². The second kappa shape index (κ2) is 8.05. The van der Waals surface area contributed by atoms with E-state index < -0.39 is 11.5 Å². The number of nitrogens with zero attached hydrogens (tertiary/aromatic N) is 1. The van der Waals surface area contributed by atoms with E-state index in [1.54, 1.807) is 42.5 Å². The fourth-order valence-electron chi connectivity index (χ4n) is 2.31. The molecule has 27 heavy (non-hydrogen) atoms. The van der Waals surface area contributed by atoms with Crippen LogP contribution >= 0.6 is 11.8 Å². The average Bonchev–Trinajstić information content (AvgIpc) is 2.64. The number of halogens is 1. The first-order valence-electron chi connectivity index (χ1n) is 8.08. The quantitative estimate of drug-likeness (QED) is 0.463. The zero-order valence-electron chi connectivity index (χ0n) is 14.5. The Morgan fingerprint density at radius 2 is 1.93 bits per heavy atom. The Labute approximate surface area is 159 Å². The Balaban J connectivity index is 1.75. The first kappa shape index (κ1) is 18.7. The standard InChI is InChI=1S/C19H17FN4O2S/c1-11-6-8-12(9-7-11)17(25)22-15-16(21)23-19(24-18(15)26)27-10-13-4-2-3-5-14(13)20/h2-9H,10H2,1H3,(H,22,25)(H3,21,23,24,26). The number of H-pyrrole nitrogens is 1. The number of nitrogens with two attached hydrogens (primary N) is 1. The Bertz CT molecular complexity index is 1030. The molecule has 1 aromatic heterocycles. The number of benzene rings is 2. The number of aromatic amines is 1. The zero-order valence-corrected chi connectivity index (χ0v) is 15.3. The predicted octanol–water partition coefficient (Wildman–Crippen LogP) is 3.34. The van der Waals surface area contributed by atoms with Crippen molar-refractivity contribution in [1.82, 2.24) is 9.97 Å². The molecule has 0 saturated carbocycles. The molecular formula is C19H17FN4O2S. The summed E-state index contributed by atoms with van der Waals surface area (Å²) in [6.07, 6.45) is 0. The van der Waals surface area contributed by atoms with Gasteiger partial charge in [0.25, 0.3) is 11.5 Å². The summed E-state index contributed by atoms with van der Waals surface area (Å²) < 4.78 is 13.7. The average molecular weight is 384 g/mol. The molecule has 0 bridgehead atoms. The van der Waals surface area contributed by atoms with Crippen molar-refractivity contribution in [2.24, 2.45) is 0 Å². The number of carbonyl (C=O) groups excluding carboxylic acids is 1. The fourth-order valence-corrected chi connectivity index (χ4v) is 3.16. The van der Waals surface area contributed by atoms with E-state index in [9.17, 15) is 14.0 Å². The molecule has 0 aliphatic carbocycles. The van der Waals surface area contributed by atoms with E-state index in [-0.39, 0.29) is 28.2 Å². The van der Waals surface area contributed by atoms with Crippen molar-refractivity contribution >= 4 is 29.2 Å². The highest BCUT2D eigenvalue weighted by atomic mass is 32.2. The molecule has 3 aromatic rings. The highest BCUT2D eigenvalue weighted by Crippen LogP contribution is 2.22. The van der Waals surface area contributed by atoms with Gasteiger partial charge in [-0.1, -0.05) is 47.7 Å². The summed E-state index contributed by atoms with van der Waals surface area (Å²) in [6, 6.07) is 13.2. The summed E-state index contributed by atoms with van der Waals surface area (Å²) in [4.78, 5) is 31.2. The van der Waals surface area contributed by atoms with E-state index in [1.807, 2.05) is 6.92 Å². The number of anilines is 2. The van der Waals surface area contributed by atoms with Gasteiger partial charge in [-0.3, -0.25) is 14.6 Å². The van der Waals surface area contributed by atoms with Crippen molar-refractivity contribution in [3.63, 3.8) is 0 Å². The fraction of sp³-hybridized carbons (Fsp3) is 0.105. The molecule has 0 saturated heterocycles. The molecule has 0 fully saturated rings. The Morgan fingerprint density at radius 1 is 1.22 bits per heavy atom. The Hall–Kier alpha value is -3.13. The van der Waals surface area contributed by atoms with Gasteiger partial charge in [0.05, 0.1) is 0 Å². The Morgan fingerprint density at radius 3 is 2.59 bits per heavy atom. The third kappa shape index (κ3) is 4.53. The summed E-state index contributed by atoms with van der Waals surface area (Å²) in [5.74, 6) is -0.609. The van der Waals surface area contributed by atoms with Gasteiger partial charge in [0.15, 0.2) is 11.0 Å². The summed E-state index contributed by atoms with van der Waals surface area (Å²) in [5.41, 5.74) is 7.06. The topological polar surface area (TPSA) is 101 Å². The minimum Gasteiger partial charge on any atom is -0.382 e. The molecule has 8 heteroatoms. The van der Waals surface area contributed by atoms with Crippen molar-refractivity contribution in [3.05, 3.63) is 81.4 Å². The maximum atomic E-state index is 13.7. The van der Waals surface area contributed by atoms with E-state index in [1.165, 1.54) is 6.07 Å². The van der Waals surface area contributed by atoms with Crippen molar-refractivity contribution in [3.8, 4) is 0 Å². The maximum Gasteiger partial charge on any atom is 0.277 e. The van der Waals surface area contributed by atoms with Gasteiger partial charge < -0.3 is 11.1 Å². The van der Waals surface area contributed by atoms with E-state index in [2.05, 4.69) is 15.3 Å². The van der Waals surface area contributed by atoms with Crippen LogP contribution in [0.4, 0.5) is 15.9 Å². The van der Waals surface area contributed by atoms with Crippen LogP contribution in [0.25, 0.3) is 0 Å². The molecule has 0 radical (unpaired) electrons. The van der Waals surface area contributed by atoms with Crippen LogP contribution < -0.4 is 16.6 Å². The second-order valence-corrected chi connectivity index (χ2v) is 6.80. The van der Waals surface area contributed by atoms with Crippen molar-refractivity contribution in [1.29, 1.82) is 0 Å². The number of aromatic nitrogens is 2. The number of amides is 1. The lowest BCUT2D eigenvalue weighted by atomic mass is 10.1. The summed E-state index contributed by atoms with van der Waals surface area (Å²) in [5, 5.41) is 2.73. The molecule has 1 amide bonds. The SMILES string of the molecule is Cc1ccc(C(=O)Nc2c(N)nc(SCc3ccccc3F)[nH]c2=O)cc1. The zero-order chi connectivity index (χ0) is 19.4. The molecule has 0 aliphatic heterocycles. The summed E-state index contributed by atoms with van der Waals surface area (Å²) >= 11 is 1.14. The van der Waals surface area contributed by atoms with Gasteiger partial charge in [0, 0.05) is 11.3 Å². The number of rotatable bonds is 5. The molecule has 0 aliphatic rings. The normalized spacial score (nSPS) is 10.6. The van der Waals surface area contributed by atoms with Crippen molar-refractivity contribution in [2.75, 3.05) is 11.1 Å². The van der Waals surface area contributed by atoms with Crippen LogP contribution in [0.3, 0.4) is 0 Å². The van der Waals surface area contributed by atoms with Crippen LogP contribution in [0.2, 0.25) is 0 Å². The molecule has 0 atom stereocenters. The molecule has 0 spiro atoms. The Kier molecular flexibility index (Phi) is 5.56. The molecular weight excluding hydrogens is 367 g/mol. The summed E-state index contributed by atoms with van der Waals surface area (Å²) in [7, 11) is 0. The largest absolute Gasteiger partial charge is 0.382 e. The van der Waals surface area contributed by atoms with E-state index in [0.29, 0.717) is 11.1 Å². The van der Waals surface area contributed by atoms with Crippen LogP contribution in [-0.4, -0.2) is 15.9 Å². The number of thioether (sulfide) groups is 1. The maximum absolute atomic E-state index is 13.7. The summed E-state index contributed by atoms with van der Waals surface area (Å²) in [6.45, 7) is 1.91.